The van der Waals surface area contributed by atoms with Gasteiger partial charge in [0, 0.05) is 24.2 Å². The lowest BCUT2D eigenvalue weighted by Gasteiger charge is -2.29. The highest BCUT2D eigenvalue weighted by Crippen LogP contribution is 2.50. The zero-order valence-electron chi connectivity index (χ0n) is 13.3. The van der Waals surface area contributed by atoms with Crippen molar-refractivity contribution in [3.63, 3.8) is 0 Å². The summed E-state index contributed by atoms with van der Waals surface area (Å²) in [5.74, 6) is -2.22. The number of fused-ring (bicyclic) bond motifs is 2. The van der Waals surface area contributed by atoms with Crippen molar-refractivity contribution in [2.24, 2.45) is 5.92 Å². The zero-order chi connectivity index (χ0) is 18.4. The minimum absolute atomic E-state index is 0.147. The number of rotatable bonds is 3. The number of nitrogens with zero attached hydrogens (tertiary/aromatic N) is 1. The number of ether oxygens (including phenoxy) is 1. The van der Waals surface area contributed by atoms with Crippen LogP contribution in [0.25, 0.3) is 0 Å². The maximum absolute atomic E-state index is 14.2. The number of halogens is 4. The second-order valence-corrected chi connectivity index (χ2v) is 7.29. The topological polar surface area (TPSA) is 51.2 Å². The van der Waals surface area contributed by atoms with Gasteiger partial charge < -0.3 is 10.1 Å². The maximum atomic E-state index is 14.2. The molecule has 26 heavy (non-hydrogen) atoms. The summed E-state index contributed by atoms with van der Waals surface area (Å²) in [4.78, 5) is 16.4. The molecular formula is C18H14Cl2F2N2O2. The Morgan fingerprint density at radius 2 is 2.04 bits per heavy atom. The van der Waals surface area contributed by atoms with Gasteiger partial charge in [0.1, 0.15) is 6.17 Å². The summed E-state index contributed by atoms with van der Waals surface area (Å²) in [6.45, 7) is 0. The van der Waals surface area contributed by atoms with Gasteiger partial charge in [-0.3, -0.25) is 4.79 Å². The van der Waals surface area contributed by atoms with Crippen LogP contribution in [0.4, 0.5) is 14.5 Å². The molecule has 2 aliphatic rings. The lowest BCUT2D eigenvalue weighted by Crippen LogP contribution is -2.39. The molecule has 0 aliphatic carbocycles. The molecule has 5 atom stereocenters. The van der Waals surface area contributed by atoms with Crippen molar-refractivity contribution in [3.8, 4) is 0 Å². The zero-order valence-corrected chi connectivity index (χ0v) is 14.8. The minimum Gasteiger partial charge on any atom is -0.370 e. The number of pyridine rings is 1. The molecular weight excluding hydrogens is 385 g/mol. The number of hydrogen-bond donors (Lipinski definition) is 1. The standard InChI is InChI=1S/C18H14Cl2F2N2O2/c19-10-2-1-9(6-11(10)20)24-18(25)16-13-7-12(21)17(26-13)15(16)8-3-4-23-14(22)5-8/h1-6,12-13,15-17H,7H2,(H,24,25). The number of amides is 1. The molecule has 2 fully saturated rings. The van der Waals surface area contributed by atoms with Crippen LogP contribution in [0, 0.1) is 11.9 Å². The number of alkyl halides is 1. The Hall–Kier alpha value is -1.76. The third-order valence-corrected chi connectivity index (χ3v) is 5.65. The second kappa shape index (κ2) is 6.76. The fraction of sp³-hybridized carbons (Fsp3) is 0.333. The van der Waals surface area contributed by atoms with Crippen LogP contribution in [-0.4, -0.2) is 29.3 Å². The summed E-state index contributed by atoms with van der Waals surface area (Å²) in [7, 11) is 0. The normalized spacial score (nSPS) is 29.8. The van der Waals surface area contributed by atoms with Crippen LogP contribution in [0.15, 0.2) is 36.5 Å². The van der Waals surface area contributed by atoms with Crippen LogP contribution < -0.4 is 5.32 Å². The average molecular weight is 399 g/mol. The van der Waals surface area contributed by atoms with Gasteiger partial charge in [-0.25, -0.2) is 9.37 Å². The van der Waals surface area contributed by atoms with Crippen LogP contribution in [-0.2, 0) is 9.53 Å². The summed E-state index contributed by atoms with van der Waals surface area (Å²) in [6.07, 6.45) is -1.06. The van der Waals surface area contributed by atoms with E-state index in [2.05, 4.69) is 10.3 Å². The molecule has 1 aromatic heterocycles. The van der Waals surface area contributed by atoms with E-state index in [0.29, 0.717) is 21.3 Å². The van der Waals surface area contributed by atoms with E-state index < -0.39 is 36.2 Å². The molecule has 8 heteroatoms. The summed E-state index contributed by atoms with van der Waals surface area (Å²) in [5, 5.41) is 3.46. The van der Waals surface area contributed by atoms with E-state index >= 15 is 0 Å². The highest BCUT2D eigenvalue weighted by molar-refractivity contribution is 6.42. The van der Waals surface area contributed by atoms with E-state index in [1.54, 1.807) is 18.2 Å². The Kier molecular flexibility index (Phi) is 4.59. The number of nitrogens with one attached hydrogen (secondary N) is 1. The molecule has 2 aliphatic heterocycles. The quantitative estimate of drug-likeness (QED) is 0.780. The first kappa shape index (κ1) is 17.6. The van der Waals surface area contributed by atoms with Gasteiger partial charge in [0.25, 0.3) is 0 Å². The van der Waals surface area contributed by atoms with Crippen molar-refractivity contribution < 1.29 is 18.3 Å². The van der Waals surface area contributed by atoms with E-state index in [-0.39, 0.29) is 12.3 Å². The Bertz CT molecular complexity index is 867. The first-order chi connectivity index (χ1) is 12.4. The number of benzene rings is 1. The predicted molar refractivity (Wildman–Crippen MR) is 93.7 cm³/mol. The fourth-order valence-corrected chi connectivity index (χ4v) is 4.13. The monoisotopic (exact) mass is 398 g/mol. The molecule has 2 saturated heterocycles. The van der Waals surface area contributed by atoms with Gasteiger partial charge in [0.05, 0.1) is 28.2 Å². The molecule has 136 valence electrons. The van der Waals surface area contributed by atoms with Gasteiger partial charge >= 0.3 is 0 Å². The summed E-state index contributed by atoms with van der Waals surface area (Å²) in [5.41, 5.74) is 0.977. The van der Waals surface area contributed by atoms with Gasteiger partial charge in [-0.15, -0.1) is 0 Å². The van der Waals surface area contributed by atoms with Crippen molar-refractivity contribution >= 4 is 34.8 Å². The summed E-state index contributed by atoms with van der Waals surface area (Å²) in [6, 6.07) is 7.54. The van der Waals surface area contributed by atoms with Crippen LogP contribution in [0.1, 0.15) is 17.9 Å². The number of hydrogen-bond acceptors (Lipinski definition) is 3. The lowest BCUT2D eigenvalue weighted by molar-refractivity contribution is -0.121. The Balaban J connectivity index is 1.62. The van der Waals surface area contributed by atoms with Gasteiger partial charge in [-0.1, -0.05) is 23.2 Å². The molecule has 0 saturated carbocycles. The molecule has 4 rings (SSSR count). The van der Waals surface area contributed by atoms with Crippen LogP contribution in [0.3, 0.4) is 0 Å². The van der Waals surface area contributed by atoms with Crippen LogP contribution in [0.2, 0.25) is 10.0 Å². The molecule has 1 N–H and O–H groups in total. The number of anilines is 1. The molecule has 2 bridgehead atoms. The largest absolute Gasteiger partial charge is 0.370 e. The second-order valence-electron chi connectivity index (χ2n) is 6.47. The molecule has 3 heterocycles. The van der Waals surface area contributed by atoms with Crippen molar-refractivity contribution in [2.45, 2.75) is 30.7 Å². The summed E-state index contributed by atoms with van der Waals surface area (Å²) >= 11 is 11.9. The maximum Gasteiger partial charge on any atom is 0.230 e. The number of carbonyl (C=O) groups is 1. The van der Waals surface area contributed by atoms with Crippen LogP contribution in [0.5, 0.6) is 0 Å². The minimum atomic E-state index is -1.18. The fourth-order valence-electron chi connectivity index (χ4n) is 3.83. The number of aromatic nitrogens is 1. The first-order valence-corrected chi connectivity index (χ1v) is 8.86. The van der Waals surface area contributed by atoms with Crippen molar-refractivity contribution in [2.75, 3.05) is 5.32 Å². The lowest BCUT2D eigenvalue weighted by atomic mass is 9.74. The molecule has 2 aromatic rings. The van der Waals surface area contributed by atoms with E-state index in [9.17, 15) is 13.6 Å². The third-order valence-electron chi connectivity index (χ3n) is 4.91. The van der Waals surface area contributed by atoms with Gasteiger partial charge in [-0.05, 0) is 35.9 Å². The SMILES string of the molecule is O=C(Nc1ccc(Cl)c(Cl)c1)C1C2CC(F)C(O2)C1c1ccnc(F)c1. The van der Waals surface area contributed by atoms with E-state index in [1.165, 1.54) is 18.3 Å². The highest BCUT2D eigenvalue weighted by Gasteiger charge is 2.57. The molecule has 0 spiro atoms. The molecule has 1 aromatic carbocycles. The van der Waals surface area contributed by atoms with E-state index in [1.807, 2.05) is 0 Å². The van der Waals surface area contributed by atoms with Gasteiger partial charge in [0.2, 0.25) is 11.9 Å². The highest BCUT2D eigenvalue weighted by atomic mass is 35.5. The van der Waals surface area contributed by atoms with Gasteiger partial charge in [0.15, 0.2) is 0 Å². The average Bonchev–Trinajstić information content (AvgIpc) is 3.15. The number of carbonyl (C=O) groups excluding carboxylic acids is 1. The molecule has 0 radical (unpaired) electrons. The molecule has 5 unspecified atom stereocenters. The summed E-state index contributed by atoms with van der Waals surface area (Å²) < 4.78 is 33.4. The van der Waals surface area contributed by atoms with E-state index in [0.717, 1.165) is 0 Å². The Labute approximate surface area is 158 Å². The predicted octanol–water partition coefficient (Wildman–Crippen LogP) is 4.38. The van der Waals surface area contributed by atoms with Crippen molar-refractivity contribution in [1.82, 2.24) is 4.98 Å². The smallest absolute Gasteiger partial charge is 0.230 e. The molecule has 1 amide bonds. The van der Waals surface area contributed by atoms with Crippen LogP contribution >= 0.6 is 23.2 Å². The van der Waals surface area contributed by atoms with E-state index in [4.69, 9.17) is 27.9 Å². The third kappa shape index (κ3) is 3.06. The Morgan fingerprint density at radius 3 is 2.77 bits per heavy atom. The van der Waals surface area contributed by atoms with Crippen molar-refractivity contribution in [3.05, 3.63) is 58.1 Å². The Morgan fingerprint density at radius 1 is 1.23 bits per heavy atom. The van der Waals surface area contributed by atoms with Gasteiger partial charge in [-0.2, -0.15) is 4.39 Å². The van der Waals surface area contributed by atoms with Crippen molar-refractivity contribution in [1.29, 1.82) is 0 Å². The first-order valence-electron chi connectivity index (χ1n) is 8.11. The molecule has 4 nitrogen and oxygen atoms in total.